The summed E-state index contributed by atoms with van der Waals surface area (Å²) in [5.41, 5.74) is 1.51. The van der Waals surface area contributed by atoms with E-state index in [1.54, 1.807) is 11.0 Å². The van der Waals surface area contributed by atoms with Crippen molar-refractivity contribution in [2.24, 2.45) is 0 Å². The lowest BCUT2D eigenvalue weighted by Gasteiger charge is -2.11. The van der Waals surface area contributed by atoms with E-state index >= 15 is 0 Å². The fourth-order valence-electron chi connectivity index (χ4n) is 2.37. The van der Waals surface area contributed by atoms with Crippen molar-refractivity contribution in [3.8, 4) is 0 Å². The number of hydrogen-bond acceptors (Lipinski definition) is 4. The Bertz CT molecular complexity index is 933. The molecule has 0 bridgehead atoms. The number of amides is 1. The zero-order chi connectivity index (χ0) is 17.1. The quantitative estimate of drug-likeness (QED) is 0.769. The fourth-order valence-corrected chi connectivity index (χ4v) is 2.37. The van der Waals surface area contributed by atoms with E-state index in [1.807, 2.05) is 50.5 Å². The molecule has 1 aromatic carbocycles. The first-order valence-electron chi connectivity index (χ1n) is 7.58. The van der Waals surface area contributed by atoms with Gasteiger partial charge in [-0.05, 0) is 17.7 Å². The zero-order valence-corrected chi connectivity index (χ0v) is 13.5. The normalized spacial score (nSPS) is 10.6. The first kappa shape index (κ1) is 15.7. The maximum Gasteiger partial charge on any atom is 0.257 e. The minimum Gasteiger partial charge on any atom is -0.363 e. The number of aromatic amines is 1. The Morgan fingerprint density at radius 2 is 1.92 bits per heavy atom. The number of anilines is 1. The van der Waals surface area contributed by atoms with Crippen LogP contribution < -0.4 is 15.6 Å². The number of aromatic nitrogens is 2. The molecule has 0 atom stereocenters. The standard InChI is InChI=1S/C18H18N4O2/c1-22(2)15-9-8-14-16(21-15)17(23)13(11-19-14)18(24)20-10-12-6-4-3-5-7-12/h3-9,11H,10H2,1-2H3,(H,19,23)(H,20,24). The summed E-state index contributed by atoms with van der Waals surface area (Å²) in [5, 5.41) is 2.76. The van der Waals surface area contributed by atoms with Gasteiger partial charge < -0.3 is 15.2 Å². The topological polar surface area (TPSA) is 78.1 Å². The van der Waals surface area contributed by atoms with Crippen LogP contribution in [0.1, 0.15) is 15.9 Å². The van der Waals surface area contributed by atoms with E-state index in [2.05, 4.69) is 15.3 Å². The van der Waals surface area contributed by atoms with Gasteiger partial charge in [0.2, 0.25) is 5.43 Å². The van der Waals surface area contributed by atoms with Crippen LogP contribution in [0.3, 0.4) is 0 Å². The van der Waals surface area contributed by atoms with Crippen molar-refractivity contribution >= 4 is 22.8 Å². The number of nitrogens with one attached hydrogen (secondary N) is 2. The van der Waals surface area contributed by atoms with Crippen LogP contribution in [0.2, 0.25) is 0 Å². The Balaban J connectivity index is 1.90. The maximum absolute atomic E-state index is 12.6. The molecule has 6 heteroatoms. The molecule has 3 aromatic rings. The average molecular weight is 322 g/mol. The SMILES string of the molecule is CN(C)c1ccc2[nH]cc(C(=O)NCc3ccccc3)c(=O)c2n1. The fraction of sp³-hybridized carbons (Fsp3) is 0.167. The molecule has 2 N–H and O–H groups in total. The van der Waals surface area contributed by atoms with Crippen molar-refractivity contribution in [1.82, 2.24) is 15.3 Å². The van der Waals surface area contributed by atoms with Gasteiger partial charge in [0.25, 0.3) is 5.91 Å². The lowest BCUT2D eigenvalue weighted by molar-refractivity contribution is 0.0949. The molecule has 0 spiro atoms. The van der Waals surface area contributed by atoms with Crippen LogP contribution in [-0.4, -0.2) is 30.0 Å². The van der Waals surface area contributed by atoms with Gasteiger partial charge >= 0.3 is 0 Å². The van der Waals surface area contributed by atoms with E-state index in [4.69, 9.17) is 0 Å². The Hall–Kier alpha value is -3.15. The molecule has 0 fully saturated rings. The molecular formula is C18H18N4O2. The lowest BCUT2D eigenvalue weighted by atomic mass is 10.2. The van der Waals surface area contributed by atoms with Crippen LogP contribution in [0.15, 0.2) is 53.5 Å². The van der Waals surface area contributed by atoms with E-state index in [1.165, 1.54) is 6.20 Å². The van der Waals surface area contributed by atoms with E-state index in [9.17, 15) is 9.59 Å². The van der Waals surface area contributed by atoms with Gasteiger partial charge in [0.15, 0.2) is 0 Å². The third-order valence-electron chi connectivity index (χ3n) is 3.71. The molecule has 3 rings (SSSR count). The average Bonchev–Trinajstić information content (AvgIpc) is 2.60. The van der Waals surface area contributed by atoms with Crippen molar-refractivity contribution in [2.45, 2.75) is 6.54 Å². The van der Waals surface area contributed by atoms with Gasteiger partial charge in [-0.3, -0.25) is 9.59 Å². The molecule has 122 valence electrons. The van der Waals surface area contributed by atoms with Crippen molar-refractivity contribution in [2.75, 3.05) is 19.0 Å². The van der Waals surface area contributed by atoms with Crippen LogP contribution in [0.4, 0.5) is 5.82 Å². The van der Waals surface area contributed by atoms with E-state index in [-0.39, 0.29) is 16.5 Å². The molecule has 2 heterocycles. The predicted molar refractivity (Wildman–Crippen MR) is 94.3 cm³/mol. The first-order valence-corrected chi connectivity index (χ1v) is 7.58. The van der Waals surface area contributed by atoms with Gasteiger partial charge in [-0.1, -0.05) is 30.3 Å². The van der Waals surface area contributed by atoms with Crippen LogP contribution in [0.25, 0.3) is 11.0 Å². The molecule has 0 saturated carbocycles. The Labute approximate surface area is 139 Å². The number of pyridine rings is 2. The number of hydrogen-bond donors (Lipinski definition) is 2. The first-order chi connectivity index (χ1) is 11.6. The second-order valence-corrected chi connectivity index (χ2v) is 5.66. The molecule has 0 radical (unpaired) electrons. The lowest BCUT2D eigenvalue weighted by Crippen LogP contribution is -2.29. The molecule has 0 aliphatic heterocycles. The Morgan fingerprint density at radius 3 is 2.62 bits per heavy atom. The minimum absolute atomic E-state index is 0.0573. The number of carbonyl (C=O) groups excluding carboxylic acids is 1. The summed E-state index contributed by atoms with van der Waals surface area (Å²) in [6, 6.07) is 13.1. The number of carbonyl (C=O) groups is 1. The Kier molecular flexibility index (Phi) is 4.29. The summed E-state index contributed by atoms with van der Waals surface area (Å²) in [6.07, 6.45) is 1.43. The number of nitrogens with zero attached hydrogens (tertiary/aromatic N) is 2. The number of fused-ring (bicyclic) bond motifs is 1. The monoisotopic (exact) mass is 322 g/mol. The van der Waals surface area contributed by atoms with Gasteiger partial charge in [0.1, 0.15) is 16.9 Å². The van der Waals surface area contributed by atoms with Gasteiger partial charge in [0.05, 0.1) is 5.52 Å². The van der Waals surface area contributed by atoms with Crippen molar-refractivity contribution in [1.29, 1.82) is 0 Å². The molecule has 0 aliphatic rings. The maximum atomic E-state index is 12.6. The summed E-state index contributed by atoms with van der Waals surface area (Å²) in [7, 11) is 3.69. The summed E-state index contributed by atoms with van der Waals surface area (Å²) in [5.74, 6) is 0.244. The van der Waals surface area contributed by atoms with E-state index in [0.29, 0.717) is 17.9 Å². The molecule has 24 heavy (non-hydrogen) atoms. The van der Waals surface area contributed by atoms with Crippen molar-refractivity contribution in [3.63, 3.8) is 0 Å². The molecular weight excluding hydrogens is 304 g/mol. The number of rotatable bonds is 4. The highest BCUT2D eigenvalue weighted by Crippen LogP contribution is 2.12. The smallest absolute Gasteiger partial charge is 0.257 e. The summed E-state index contributed by atoms with van der Waals surface area (Å²) in [6.45, 7) is 0.363. The second-order valence-electron chi connectivity index (χ2n) is 5.66. The number of benzene rings is 1. The largest absolute Gasteiger partial charge is 0.363 e. The molecule has 1 amide bonds. The molecule has 0 saturated heterocycles. The second kappa shape index (κ2) is 6.54. The number of H-pyrrole nitrogens is 1. The molecule has 0 unspecified atom stereocenters. The van der Waals surface area contributed by atoms with Crippen LogP contribution in [0, 0.1) is 0 Å². The highest BCUT2D eigenvalue weighted by Gasteiger charge is 2.14. The third-order valence-corrected chi connectivity index (χ3v) is 3.71. The molecule has 0 aliphatic carbocycles. The van der Waals surface area contributed by atoms with Crippen LogP contribution >= 0.6 is 0 Å². The van der Waals surface area contributed by atoms with E-state index in [0.717, 1.165) is 5.56 Å². The summed E-state index contributed by atoms with van der Waals surface area (Å²) in [4.78, 5) is 34.0. The van der Waals surface area contributed by atoms with Gasteiger partial charge in [0, 0.05) is 26.8 Å². The predicted octanol–water partition coefficient (Wildman–Crippen LogP) is 1.92. The van der Waals surface area contributed by atoms with Gasteiger partial charge in [-0.2, -0.15) is 0 Å². The zero-order valence-electron chi connectivity index (χ0n) is 13.5. The third kappa shape index (κ3) is 3.12. The molecule has 2 aromatic heterocycles. The Morgan fingerprint density at radius 1 is 1.17 bits per heavy atom. The van der Waals surface area contributed by atoms with Crippen molar-refractivity contribution < 1.29 is 4.79 Å². The van der Waals surface area contributed by atoms with Gasteiger partial charge in [-0.15, -0.1) is 0 Å². The highest BCUT2D eigenvalue weighted by atomic mass is 16.2. The van der Waals surface area contributed by atoms with E-state index < -0.39 is 5.91 Å². The van der Waals surface area contributed by atoms with Crippen LogP contribution in [-0.2, 0) is 6.54 Å². The van der Waals surface area contributed by atoms with Crippen LogP contribution in [0.5, 0.6) is 0 Å². The summed E-state index contributed by atoms with van der Waals surface area (Å²) < 4.78 is 0. The highest BCUT2D eigenvalue weighted by molar-refractivity contribution is 5.96. The van der Waals surface area contributed by atoms with Gasteiger partial charge in [-0.25, -0.2) is 4.98 Å². The minimum atomic E-state index is -0.418. The summed E-state index contributed by atoms with van der Waals surface area (Å²) >= 11 is 0. The molecule has 6 nitrogen and oxygen atoms in total. The van der Waals surface area contributed by atoms with Crippen molar-refractivity contribution in [3.05, 3.63) is 70.0 Å².